The highest BCUT2D eigenvalue weighted by atomic mass is 35.5. The fourth-order valence-electron chi connectivity index (χ4n) is 1.54. The number of methoxy groups -OCH3 is 1. The minimum Gasteiger partial charge on any atom is -0.506 e. The van der Waals surface area contributed by atoms with E-state index in [1.807, 2.05) is 0 Å². The van der Waals surface area contributed by atoms with Crippen LogP contribution in [0.25, 0.3) is 11.5 Å². The third-order valence-electron chi connectivity index (χ3n) is 2.59. The van der Waals surface area contributed by atoms with E-state index >= 15 is 0 Å². The molecule has 0 fully saturated rings. The molecule has 1 aromatic carbocycles. The van der Waals surface area contributed by atoms with E-state index in [1.165, 1.54) is 24.9 Å². The smallest absolute Gasteiger partial charge is 0.305 e. The average molecular weight is 329 g/mol. The first-order valence-electron chi connectivity index (χ1n) is 6.12. The largest absolute Gasteiger partial charge is 0.506 e. The molecule has 8 heteroatoms. The van der Waals surface area contributed by atoms with Crippen LogP contribution >= 0.6 is 23.4 Å². The molecule has 21 heavy (non-hydrogen) atoms. The van der Waals surface area contributed by atoms with Gasteiger partial charge < -0.3 is 14.3 Å². The van der Waals surface area contributed by atoms with Crippen LogP contribution in [-0.2, 0) is 9.53 Å². The molecule has 1 N–H and O–H groups in total. The summed E-state index contributed by atoms with van der Waals surface area (Å²) in [6.45, 7) is 0. The minimum atomic E-state index is -0.242. The maximum absolute atomic E-state index is 11.0. The summed E-state index contributed by atoms with van der Waals surface area (Å²) in [5.74, 6) is 0.615. The van der Waals surface area contributed by atoms with Crippen LogP contribution < -0.4 is 0 Å². The molecule has 0 atom stereocenters. The molecule has 2 aromatic rings. The first kappa shape index (κ1) is 15.7. The highest BCUT2D eigenvalue weighted by Crippen LogP contribution is 2.34. The van der Waals surface area contributed by atoms with Gasteiger partial charge in [-0.05, 0) is 18.6 Å². The molecule has 0 aliphatic heterocycles. The van der Waals surface area contributed by atoms with Crippen LogP contribution in [0, 0.1) is 0 Å². The standard InChI is InChI=1S/C13H13ClN2O4S/c1-19-10(18)6-3-7-21-13-16-15-12(20-13)8-4-2-5-9(17)11(8)14/h2,4-5,17H,3,6-7H2,1H3. The van der Waals surface area contributed by atoms with E-state index < -0.39 is 0 Å². The van der Waals surface area contributed by atoms with E-state index in [2.05, 4.69) is 14.9 Å². The van der Waals surface area contributed by atoms with Crippen molar-refractivity contribution < 1.29 is 19.1 Å². The molecule has 0 bridgehead atoms. The fourth-order valence-corrected chi connectivity index (χ4v) is 2.45. The Morgan fingerprint density at radius 2 is 2.29 bits per heavy atom. The number of ether oxygens (including phenoxy) is 1. The van der Waals surface area contributed by atoms with Crippen molar-refractivity contribution >= 4 is 29.3 Å². The zero-order chi connectivity index (χ0) is 15.2. The summed E-state index contributed by atoms with van der Waals surface area (Å²) in [7, 11) is 1.36. The van der Waals surface area contributed by atoms with Gasteiger partial charge in [0.05, 0.1) is 17.7 Å². The lowest BCUT2D eigenvalue weighted by molar-refractivity contribution is -0.140. The maximum Gasteiger partial charge on any atom is 0.305 e. The molecular formula is C13H13ClN2O4S. The van der Waals surface area contributed by atoms with Crippen LogP contribution in [0.3, 0.4) is 0 Å². The number of carbonyl (C=O) groups excluding carboxylic acids is 1. The molecule has 112 valence electrons. The van der Waals surface area contributed by atoms with Gasteiger partial charge in [-0.25, -0.2) is 0 Å². The van der Waals surface area contributed by atoms with Gasteiger partial charge in [-0.3, -0.25) is 4.79 Å². The first-order valence-corrected chi connectivity index (χ1v) is 7.49. The van der Waals surface area contributed by atoms with E-state index in [0.717, 1.165) is 0 Å². The number of halogens is 1. The van der Waals surface area contributed by atoms with Crippen molar-refractivity contribution in [3.8, 4) is 17.2 Å². The van der Waals surface area contributed by atoms with Gasteiger partial charge in [0, 0.05) is 12.2 Å². The Balaban J connectivity index is 1.95. The highest BCUT2D eigenvalue weighted by Gasteiger charge is 2.14. The molecule has 2 rings (SSSR count). The summed E-state index contributed by atoms with van der Waals surface area (Å²) < 4.78 is 10.0. The monoisotopic (exact) mass is 328 g/mol. The van der Waals surface area contributed by atoms with E-state index in [4.69, 9.17) is 16.0 Å². The normalized spacial score (nSPS) is 10.6. The summed E-state index contributed by atoms with van der Waals surface area (Å²) in [5, 5.41) is 17.9. The van der Waals surface area contributed by atoms with Crippen molar-refractivity contribution in [2.75, 3.05) is 12.9 Å². The molecule has 0 aliphatic carbocycles. The van der Waals surface area contributed by atoms with Crippen LogP contribution in [0.1, 0.15) is 12.8 Å². The molecule has 0 radical (unpaired) electrons. The van der Waals surface area contributed by atoms with Gasteiger partial charge in [0.2, 0.25) is 5.89 Å². The van der Waals surface area contributed by atoms with Gasteiger partial charge in [-0.15, -0.1) is 10.2 Å². The van der Waals surface area contributed by atoms with Gasteiger partial charge in [0.25, 0.3) is 5.22 Å². The first-order chi connectivity index (χ1) is 10.1. The Kier molecular flexibility index (Phi) is 5.46. The third-order valence-corrected chi connectivity index (χ3v) is 3.90. The zero-order valence-corrected chi connectivity index (χ0v) is 12.8. The number of hydrogen-bond acceptors (Lipinski definition) is 7. The van der Waals surface area contributed by atoms with E-state index in [1.54, 1.807) is 12.1 Å². The highest BCUT2D eigenvalue weighted by molar-refractivity contribution is 7.99. The van der Waals surface area contributed by atoms with Crippen molar-refractivity contribution in [2.45, 2.75) is 18.1 Å². The fraction of sp³-hybridized carbons (Fsp3) is 0.308. The van der Waals surface area contributed by atoms with Crippen molar-refractivity contribution in [3.63, 3.8) is 0 Å². The van der Waals surface area contributed by atoms with Crippen molar-refractivity contribution in [1.29, 1.82) is 0 Å². The van der Waals surface area contributed by atoms with Crippen molar-refractivity contribution in [3.05, 3.63) is 23.2 Å². The predicted octanol–water partition coefficient (Wildman–Crippen LogP) is 3.14. The second kappa shape index (κ2) is 7.33. The molecule has 1 heterocycles. The molecule has 0 spiro atoms. The molecule has 6 nitrogen and oxygen atoms in total. The summed E-state index contributed by atoms with van der Waals surface area (Å²) in [6.07, 6.45) is 1.00. The maximum atomic E-state index is 11.0. The number of esters is 1. The van der Waals surface area contributed by atoms with Gasteiger partial charge in [0.1, 0.15) is 5.75 Å². The number of hydrogen-bond donors (Lipinski definition) is 1. The van der Waals surface area contributed by atoms with Crippen molar-refractivity contribution in [2.24, 2.45) is 0 Å². The van der Waals surface area contributed by atoms with Crippen LogP contribution in [-0.4, -0.2) is 34.1 Å². The topological polar surface area (TPSA) is 85.5 Å². The third kappa shape index (κ3) is 4.12. The Labute approximate surface area is 130 Å². The molecule has 0 amide bonds. The Bertz CT molecular complexity index is 632. The number of phenolic OH excluding ortho intramolecular Hbond substituents is 1. The number of nitrogens with zero attached hydrogens (tertiary/aromatic N) is 2. The molecule has 1 aromatic heterocycles. The second-order valence-electron chi connectivity index (χ2n) is 4.04. The number of phenols is 1. The SMILES string of the molecule is COC(=O)CCCSc1nnc(-c2cccc(O)c2Cl)o1. The number of carbonyl (C=O) groups is 1. The molecule has 0 aliphatic rings. The minimum absolute atomic E-state index is 0.0420. The lowest BCUT2D eigenvalue weighted by Crippen LogP contribution is -1.99. The van der Waals surface area contributed by atoms with Crippen LogP contribution in [0.2, 0.25) is 5.02 Å². The molecular weight excluding hydrogens is 316 g/mol. The molecule has 0 saturated carbocycles. The number of benzene rings is 1. The van der Waals surface area contributed by atoms with Gasteiger partial charge in [0.15, 0.2) is 0 Å². The Hall–Kier alpha value is -1.73. The number of aromatic hydroxyl groups is 1. The number of rotatable bonds is 6. The summed E-state index contributed by atoms with van der Waals surface area (Å²) >= 11 is 7.32. The number of thioether (sulfide) groups is 1. The van der Waals surface area contributed by atoms with Crippen LogP contribution in [0.4, 0.5) is 0 Å². The van der Waals surface area contributed by atoms with Crippen LogP contribution in [0.5, 0.6) is 5.75 Å². The quantitative estimate of drug-likeness (QED) is 0.495. The lowest BCUT2D eigenvalue weighted by atomic mass is 10.2. The van der Waals surface area contributed by atoms with Crippen molar-refractivity contribution in [1.82, 2.24) is 10.2 Å². The molecule has 0 unspecified atom stereocenters. The van der Waals surface area contributed by atoms with E-state index in [0.29, 0.717) is 29.4 Å². The van der Waals surface area contributed by atoms with Gasteiger partial charge in [-0.2, -0.15) is 0 Å². The van der Waals surface area contributed by atoms with E-state index in [9.17, 15) is 9.90 Å². The lowest BCUT2D eigenvalue weighted by Gasteiger charge is -2.00. The average Bonchev–Trinajstić information content (AvgIpc) is 2.95. The number of aromatic nitrogens is 2. The molecule has 0 saturated heterocycles. The predicted molar refractivity (Wildman–Crippen MR) is 78.4 cm³/mol. The summed E-state index contributed by atoms with van der Waals surface area (Å²) in [5.41, 5.74) is 0.477. The summed E-state index contributed by atoms with van der Waals surface area (Å²) in [4.78, 5) is 11.0. The second-order valence-corrected chi connectivity index (χ2v) is 5.46. The zero-order valence-electron chi connectivity index (χ0n) is 11.2. The van der Waals surface area contributed by atoms with Crippen LogP contribution in [0.15, 0.2) is 27.8 Å². The summed E-state index contributed by atoms with van der Waals surface area (Å²) in [6, 6.07) is 4.80. The Morgan fingerprint density at radius 1 is 1.48 bits per heavy atom. The van der Waals surface area contributed by atoms with E-state index in [-0.39, 0.29) is 22.6 Å². The van der Waals surface area contributed by atoms with Gasteiger partial charge in [-0.1, -0.05) is 29.4 Å². The van der Waals surface area contributed by atoms with Gasteiger partial charge >= 0.3 is 5.97 Å². The Morgan fingerprint density at radius 3 is 3.05 bits per heavy atom.